The van der Waals surface area contributed by atoms with Crippen molar-refractivity contribution < 1.29 is 4.74 Å². The van der Waals surface area contributed by atoms with E-state index in [-0.39, 0.29) is 0 Å². The summed E-state index contributed by atoms with van der Waals surface area (Å²) in [6.07, 6.45) is 4.26. The fourth-order valence-electron chi connectivity index (χ4n) is 4.04. The quantitative estimate of drug-likeness (QED) is 0.711. The lowest BCUT2D eigenvalue weighted by Crippen LogP contribution is -2.32. The Morgan fingerprint density at radius 3 is 2.70 bits per heavy atom. The molecule has 4 nitrogen and oxygen atoms in total. The van der Waals surface area contributed by atoms with Gasteiger partial charge in [-0.15, -0.1) is 0 Å². The minimum Gasteiger partial charge on any atom is -0.497 e. The first-order chi connectivity index (χ1) is 13.2. The second kappa shape index (κ2) is 7.97. The molecule has 0 bridgehead atoms. The molecule has 0 atom stereocenters. The summed E-state index contributed by atoms with van der Waals surface area (Å²) in [6, 6.07) is 16.9. The maximum Gasteiger partial charge on any atom is 0.119 e. The van der Waals surface area contributed by atoms with E-state index in [0.29, 0.717) is 5.92 Å². The third kappa shape index (κ3) is 3.91. The smallest absolute Gasteiger partial charge is 0.119 e. The van der Waals surface area contributed by atoms with Crippen LogP contribution in [0.2, 0.25) is 0 Å². The van der Waals surface area contributed by atoms with Crippen LogP contribution < -0.4 is 4.74 Å². The second-order valence-corrected chi connectivity index (χ2v) is 7.41. The summed E-state index contributed by atoms with van der Waals surface area (Å²) in [4.78, 5) is 2.57. The molecule has 1 fully saturated rings. The fraction of sp³-hybridized carbons (Fsp3) is 0.348. The summed E-state index contributed by atoms with van der Waals surface area (Å²) in [5, 5.41) is 7.62. The van der Waals surface area contributed by atoms with Crippen molar-refractivity contribution in [3.05, 3.63) is 71.5 Å². The largest absolute Gasteiger partial charge is 0.497 e. The lowest BCUT2D eigenvalue weighted by atomic mass is 9.89. The van der Waals surface area contributed by atoms with E-state index in [1.54, 1.807) is 7.11 Å². The van der Waals surface area contributed by atoms with Crippen LogP contribution in [0.1, 0.15) is 35.6 Å². The van der Waals surface area contributed by atoms with E-state index >= 15 is 0 Å². The number of rotatable bonds is 5. The second-order valence-electron chi connectivity index (χ2n) is 7.41. The molecule has 0 saturated carbocycles. The first-order valence-corrected chi connectivity index (χ1v) is 9.69. The summed E-state index contributed by atoms with van der Waals surface area (Å²) in [5.74, 6) is 1.41. The molecule has 0 radical (unpaired) electrons. The van der Waals surface area contributed by atoms with Crippen LogP contribution in [-0.2, 0) is 6.54 Å². The zero-order valence-electron chi connectivity index (χ0n) is 16.1. The monoisotopic (exact) mass is 361 g/mol. The Labute approximate surface area is 161 Å². The standard InChI is InChI=1S/C23H27N3O/c1-17-6-3-4-7-20(17)16-26-12-10-18(11-13-26)23-22(15-24-25-23)19-8-5-9-21(14-19)27-2/h3-9,14-15,18H,10-13,16H2,1-2H3,(H,24,25). The average Bonchev–Trinajstić information content (AvgIpc) is 3.20. The molecule has 2 aromatic carbocycles. The van der Waals surface area contributed by atoms with Gasteiger partial charge in [0.05, 0.1) is 13.3 Å². The number of ether oxygens (including phenoxy) is 1. The van der Waals surface area contributed by atoms with Gasteiger partial charge in [-0.2, -0.15) is 5.10 Å². The van der Waals surface area contributed by atoms with Crippen LogP contribution in [0.3, 0.4) is 0 Å². The molecule has 1 aliphatic rings. The van der Waals surface area contributed by atoms with Crippen molar-refractivity contribution in [1.82, 2.24) is 15.1 Å². The Bertz CT molecular complexity index is 894. The van der Waals surface area contributed by atoms with Crippen LogP contribution in [0, 0.1) is 6.92 Å². The highest BCUT2D eigenvalue weighted by Crippen LogP contribution is 2.35. The SMILES string of the molecule is COc1cccc(-c2cn[nH]c2C2CCN(Cc3ccccc3C)CC2)c1. The molecular weight excluding hydrogens is 334 g/mol. The molecule has 1 saturated heterocycles. The fourth-order valence-corrected chi connectivity index (χ4v) is 4.04. The van der Waals surface area contributed by atoms with Gasteiger partial charge in [0, 0.05) is 23.7 Å². The molecule has 0 spiro atoms. The summed E-state index contributed by atoms with van der Waals surface area (Å²) < 4.78 is 5.38. The molecule has 140 valence electrons. The highest BCUT2D eigenvalue weighted by atomic mass is 16.5. The number of methoxy groups -OCH3 is 1. The van der Waals surface area contributed by atoms with Crippen molar-refractivity contribution >= 4 is 0 Å². The number of hydrogen-bond acceptors (Lipinski definition) is 3. The van der Waals surface area contributed by atoms with E-state index in [2.05, 4.69) is 58.4 Å². The number of likely N-dealkylation sites (tertiary alicyclic amines) is 1. The Balaban J connectivity index is 1.45. The molecule has 1 N–H and O–H groups in total. The summed E-state index contributed by atoms with van der Waals surface area (Å²) >= 11 is 0. The van der Waals surface area contributed by atoms with Crippen molar-refractivity contribution in [1.29, 1.82) is 0 Å². The number of piperidine rings is 1. The van der Waals surface area contributed by atoms with Gasteiger partial charge < -0.3 is 4.74 Å². The molecule has 0 amide bonds. The number of nitrogens with one attached hydrogen (secondary N) is 1. The molecular formula is C23H27N3O. The zero-order chi connectivity index (χ0) is 18.6. The van der Waals surface area contributed by atoms with Crippen molar-refractivity contribution in [3.63, 3.8) is 0 Å². The van der Waals surface area contributed by atoms with E-state index in [1.165, 1.54) is 27.9 Å². The highest BCUT2D eigenvalue weighted by Gasteiger charge is 2.24. The van der Waals surface area contributed by atoms with E-state index in [9.17, 15) is 0 Å². The Hall–Kier alpha value is -2.59. The lowest BCUT2D eigenvalue weighted by Gasteiger charge is -2.32. The van der Waals surface area contributed by atoms with Gasteiger partial charge in [0.1, 0.15) is 5.75 Å². The summed E-state index contributed by atoms with van der Waals surface area (Å²) in [5.41, 5.74) is 6.45. The molecule has 1 aromatic heterocycles. The van der Waals surface area contributed by atoms with Crippen LogP contribution in [0.5, 0.6) is 5.75 Å². The van der Waals surface area contributed by atoms with Crippen LogP contribution in [0.4, 0.5) is 0 Å². The molecule has 0 unspecified atom stereocenters. The zero-order valence-corrected chi connectivity index (χ0v) is 16.1. The Kier molecular flexibility index (Phi) is 5.26. The van der Waals surface area contributed by atoms with Gasteiger partial charge in [-0.25, -0.2) is 0 Å². The Morgan fingerprint density at radius 1 is 1.11 bits per heavy atom. The van der Waals surface area contributed by atoms with E-state index in [4.69, 9.17) is 4.74 Å². The predicted octanol–water partition coefficient (Wildman–Crippen LogP) is 4.77. The van der Waals surface area contributed by atoms with Gasteiger partial charge in [0.25, 0.3) is 0 Å². The normalized spacial score (nSPS) is 15.8. The van der Waals surface area contributed by atoms with Crippen LogP contribution >= 0.6 is 0 Å². The number of aromatic nitrogens is 2. The van der Waals surface area contributed by atoms with Crippen molar-refractivity contribution in [2.45, 2.75) is 32.2 Å². The maximum absolute atomic E-state index is 5.38. The molecule has 4 heteroatoms. The maximum atomic E-state index is 5.38. The van der Waals surface area contributed by atoms with Gasteiger partial charge in [0.15, 0.2) is 0 Å². The van der Waals surface area contributed by atoms with Gasteiger partial charge in [-0.1, -0.05) is 36.4 Å². The molecule has 3 aromatic rings. The van der Waals surface area contributed by atoms with Crippen molar-refractivity contribution in [2.24, 2.45) is 0 Å². The first-order valence-electron chi connectivity index (χ1n) is 9.69. The van der Waals surface area contributed by atoms with Crippen LogP contribution in [0.25, 0.3) is 11.1 Å². The lowest BCUT2D eigenvalue weighted by molar-refractivity contribution is 0.203. The third-order valence-corrected chi connectivity index (χ3v) is 5.70. The van der Waals surface area contributed by atoms with E-state index in [1.807, 2.05) is 18.3 Å². The summed E-state index contributed by atoms with van der Waals surface area (Å²) in [7, 11) is 1.71. The molecule has 4 rings (SSSR count). The predicted molar refractivity (Wildman–Crippen MR) is 109 cm³/mol. The first kappa shape index (κ1) is 17.8. The number of nitrogens with zero attached hydrogens (tertiary/aromatic N) is 2. The number of H-pyrrole nitrogens is 1. The molecule has 27 heavy (non-hydrogen) atoms. The van der Waals surface area contributed by atoms with E-state index < -0.39 is 0 Å². The van der Waals surface area contributed by atoms with Crippen LogP contribution in [-0.4, -0.2) is 35.3 Å². The number of aromatic amines is 1. The highest BCUT2D eigenvalue weighted by molar-refractivity contribution is 5.67. The molecule has 1 aliphatic heterocycles. The number of hydrogen-bond donors (Lipinski definition) is 1. The Morgan fingerprint density at radius 2 is 1.93 bits per heavy atom. The van der Waals surface area contributed by atoms with Gasteiger partial charge in [-0.05, 0) is 61.7 Å². The van der Waals surface area contributed by atoms with Crippen molar-refractivity contribution in [2.75, 3.05) is 20.2 Å². The topological polar surface area (TPSA) is 41.1 Å². The number of benzene rings is 2. The minimum absolute atomic E-state index is 0.529. The molecule has 2 heterocycles. The van der Waals surface area contributed by atoms with Crippen LogP contribution in [0.15, 0.2) is 54.7 Å². The van der Waals surface area contributed by atoms with Gasteiger partial charge >= 0.3 is 0 Å². The third-order valence-electron chi connectivity index (χ3n) is 5.70. The summed E-state index contributed by atoms with van der Waals surface area (Å²) in [6.45, 7) is 5.49. The minimum atomic E-state index is 0.529. The van der Waals surface area contributed by atoms with Gasteiger partial charge in [-0.3, -0.25) is 10.00 Å². The molecule has 0 aliphatic carbocycles. The number of aryl methyl sites for hydroxylation is 1. The van der Waals surface area contributed by atoms with Gasteiger partial charge in [0.2, 0.25) is 0 Å². The van der Waals surface area contributed by atoms with Crippen molar-refractivity contribution in [3.8, 4) is 16.9 Å². The average molecular weight is 361 g/mol. The van der Waals surface area contributed by atoms with E-state index in [0.717, 1.165) is 38.2 Å².